The van der Waals surface area contributed by atoms with Crippen LogP contribution < -0.4 is 20.1 Å². The molecule has 0 radical (unpaired) electrons. The highest BCUT2D eigenvalue weighted by Gasteiger charge is 2.25. The summed E-state index contributed by atoms with van der Waals surface area (Å²) in [7, 11) is 0. The molecule has 0 bridgehead atoms. The summed E-state index contributed by atoms with van der Waals surface area (Å²) in [5.41, 5.74) is 0.484. The first-order chi connectivity index (χ1) is 14.2. The number of ether oxygens (including phenoxy) is 3. The van der Waals surface area contributed by atoms with E-state index in [-0.39, 0.29) is 6.04 Å². The summed E-state index contributed by atoms with van der Waals surface area (Å²) in [6, 6.07) is 9.11. The second kappa shape index (κ2) is 9.25. The fraction of sp³-hybridized carbons (Fsp3) is 0.400. The van der Waals surface area contributed by atoms with E-state index in [4.69, 9.17) is 14.2 Å². The molecule has 0 saturated carbocycles. The van der Waals surface area contributed by atoms with Crippen LogP contribution in [-0.4, -0.2) is 62.8 Å². The number of carbonyl (C=O) groups excluding carboxylic acids is 2. The standard InChI is InChI=1S/C20H23N3O5S/c24-19(20(25)22-14-3-4-16-17(12-14)28-10-9-27-16)21-13-15(18-2-1-11-29-18)23-5-7-26-8-6-23/h1-4,11-12,15H,5-10,13H2,(H,21,24)(H,22,25). The molecule has 9 heteroatoms. The first-order valence-electron chi connectivity index (χ1n) is 9.55. The number of hydrogen-bond acceptors (Lipinski definition) is 7. The van der Waals surface area contributed by atoms with Gasteiger partial charge in [0.2, 0.25) is 0 Å². The molecular formula is C20H23N3O5S. The van der Waals surface area contributed by atoms with Gasteiger partial charge in [0.15, 0.2) is 11.5 Å². The monoisotopic (exact) mass is 417 g/mol. The molecular weight excluding hydrogens is 394 g/mol. The first-order valence-corrected chi connectivity index (χ1v) is 10.4. The molecule has 8 nitrogen and oxygen atoms in total. The molecule has 2 aliphatic rings. The smallest absolute Gasteiger partial charge is 0.313 e. The molecule has 4 rings (SSSR count). The minimum atomic E-state index is -0.714. The third-order valence-electron chi connectivity index (χ3n) is 4.82. The van der Waals surface area contributed by atoms with E-state index in [0.29, 0.717) is 50.2 Å². The average molecular weight is 417 g/mol. The van der Waals surface area contributed by atoms with Crippen molar-refractivity contribution in [3.63, 3.8) is 0 Å². The zero-order chi connectivity index (χ0) is 20.1. The number of fused-ring (bicyclic) bond motifs is 1. The summed E-state index contributed by atoms with van der Waals surface area (Å²) >= 11 is 1.64. The van der Waals surface area contributed by atoms with E-state index in [1.54, 1.807) is 29.5 Å². The SMILES string of the molecule is O=C(NCC(c1cccs1)N1CCOCC1)C(=O)Nc1ccc2c(c1)OCCO2. The van der Waals surface area contributed by atoms with Crippen molar-refractivity contribution in [2.45, 2.75) is 6.04 Å². The molecule has 154 valence electrons. The van der Waals surface area contributed by atoms with Gasteiger partial charge in [0.1, 0.15) is 13.2 Å². The predicted molar refractivity (Wildman–Crippen MR) is 109 cm³/mol. The second-order valence-electron chi connectivity index (χ2n) is 6.70. The largest absolute Gasteiger partial charge is 0.486 e. The highest BCUT2D eigenvalue weighted by molar-refractivity contribution is 7.10. The maximum atomic E-state index is 12.4. The number of anilines is 1. The van der Waals surface area contributed by atoms with Crippen molar-refractivity contribution in [3.8, 4) is 11.5 Å². The lowest BCUT2D eigenvalue weighted by molar-refractivity contribution is -0.136. The Morgan fingerprint density at radius 1 is 1.03 bits per heavy atom. The molecule has 1 saturated heterocycles. The van der Waals surface area contributed by atoms with Gasteiger partial charge >= 0.3 is 11.8 Å². The molecule has 29 heavy (non-hydrogen) atoms. The van der Waals surface area contributed by atoms with Gasteiger partial charge in [-0.3, -0.25) is 14.5 Å². The van der Waals surface area contributed by atoms with Crippen molar-refractivity contribution >= 4 is 28.8 Å². The van der Waals surface area contributed by atoms with Crippen LogP contribution in [0, 0.1) is 0 Å². The number of carbonyl (C=O) groups is 2. The number of nitrogens with one attached hydrogen (secondary N) is 2. The molecule has 1 aromatic carbocycles. The van der Waals surface area contributed by atoms with E-state index in [9.17, 15) is 9.59 Å². The van der Waals surface area contributed by atoms with E-state index in [0.717, 1.165) is 18.0 Å². The summed E-state index contributed by atoms with van der Waals surface area (Å²) in [4.78, 5) is 28.1. The Balaban J connectivity index is 1.35. The molecule has 1 unspecified atom stereocenters. The Kier molecular flexibility index (Phi) is 6.28. The van der Waals surface area contributed by atoms with Gasteiger partial charge in [-0.05, 0) is 23.6 Å². The van der Waals surface area contributed by atoms with Gasteiger partial charge < -0.3 is 24.8 Å². The van der Waals surface area contributed by atoms with Crippen LogP contribution in [0.4, 0.5) is 5.69 Å². The molecule has 1 aromatic heterocycles. The zero-order valence-corrected chi connectivity index (χ0v) is 16.7. The van der Waals surface area contributed by atoms with Crippen LogP contribution >= 0.6 is 11.3 Å². The van der Waals surface area contributed by atoms with Crippen LogP contribution in [0.25, 0.3) is 0 Å². The van der Waals surface area contributed by atoms with Crippen LogP contribution in [0.1, 0.15) is 10.9 Å². The Labute approximate surface area is 172 Å². The van der Waals surface area contributed by atoms with Crippen molar-refractivity contribution in [1.82, 2.24) is 10.2 Å². The number of amides is 2. The van der Waals surface area contributed by atoms with E-state index < -0.39 is 11.8 Å². The fourth-order valence-corrected chi connectivity index (χ4v) is 4.22. The molecule has 1 fully saturated rings. The van der Waals surface area contributed by atoms with Crippen LogP contribution in [0.15, 0.2) is 35.7 Å². The average Bonchev–Trinajstić information content (AvgIpc) is 3.29. The Morgan fingerprint density at radius 2 is 1.83 bits per heavy atom. The van der Waals surface area contributed by atoms with E-state index >= 15 is 0 Å². The molecule has 0 aliphatic carbocycles. The minimum absolute atomic E-state index is 0.0185. The molecule has 3 heterocycles. The third-order valence-corrected chi connectivity index (χ3v) is 5.79. The number of benzene rings is 1. The number of hydrogen-bond donors (Lipinski definition) is 2. The lowest BCUT2D eigenvalue weighted by Gasteiger charge is -2.34. The van der Waals surface area contributed by atoms with E-state index in [1.165, 1.54) is 0 Å². The molecule has 2 aliphatic heterocycles. The minimum Gasteiger partial charge on any atom is -0.486 e. The maximum absolute atomic E-state index is 12.4. The first kappa shape index (κ1) is 19.7. The van der Waals surface area contributed by atoms with Crippen molar-refractivity contribution in [2.75, 3.05) is 51.4 Å². The Morgan fingerprint density at radius 3 is 2.59 bits per heavy atom. The maximum Gasteiger partial charge on any atom is 0.313 e. The van der Waals surface area contributed by atoms with Gasteiger partial charge in [0, 0.05) is 36.3 Å². The van der Waals surface area contributed by atoms with E-state index in [2.05, 4.69) is 15.5 Å². The van der Waals surface area contributed by atoms with Crippen LogP contribution in [0.3, 0.4) is 0 Å². The highest BCUT2D eigenvalue weighted by atomic mass is 32.1. The topological polar surface area (TPSA) is 89.1 Å². The van der Waals surface area contributed by atoms with Gasteiger partial charge in [-0.2, -0.15) is 0 Å². The van der Waals surface area contributed by atoms with Crippen LogP contribution in [0.2, 0.25) is 0 Å². The molecule has 1 atom stereocenters. The normalized spacial score (nSPS) is 17.4. The van der Waals surface area contributed by atoms with Gasteiger partial charge in [-0.25, -0.2) is 0 Å². The summed E-state index contributed by atoms with van der Waals surface area (Å²) in [5.74, 6) is -0.203. The van der Waals surface area contributed by atoms with Crippen molar-refractivity contribution < 1.29 is 23.8 Å². The second-order valence-corrected chi connectivity index (χ2v) is 7.68. The third kappa shape index (κ3) is 4.87. The highest BCUT2D eigenvalue weighted by Crippen LogP contribution is 2.32. The lowest BCUT2D eigenvalue weighted by atomic mass is 10.2. The van der Waals surface area contributed by atoms with Crippen LogP contribution in [-0.2, 0) is 14.3 Å². The number of rotatable bonds is 5. The van der Waals surface area contributed by atoms with E-state index in [1.807, 2.05) is 17.5 Å². The Hall–Kier alpha value is -2.62. The van der Waals surface area contributed by atoms with Crippen molar-refractivity contribution in [1.29, 1.82) is 0 Å². The zero-order valence-electron chi connectivity index (χ0n) is 15.9. The van der Waals surface area contributed by atoms with Crippen molar-refractivity contribution in [3.05, 3.63) is 40.6 Å². The summed E-state index contributed by atoms with van der Waals surface area (Å²) in [6.07, 6.45) is 0. The number of nitrogens with zero attached hydrogens (tertiary/aromatic N) is 1. The quantitative estimate of drug-likeness (QED) is 0.719. The Bertz CT molecular complexity index is 852. The van der Waals surface area contributed by atoms with Gasteiger partial charge in [0.25, 0.3) is 0 Å². The fourth-order valence-electron chi connectivity index (χ4n) is 3.36. The van der Waals surface area contributed by atoms with Crippen molar-refractivity contribution in [2.24, 2.45) is 0 Å². The molecule has 2 amide bonds. The molecule has 2 aromatic rings. The van der Waals surface area contributed by atoms with Gasteiger partial charge in [-0.15, -0.1) is 11.3 Å². The summed E-state index contributed by atoms with van der Waals surface area (Å²) < 4.78 is 16.4. The number of thiophene rings is 1. The van der Waals surface area contributed by atoms with Crippen LogP contribution in [0.5, 0.6) is 11.5 Å². The summed E-state index contributed by atoms with van der Waals surface area (Å²) in [5, 5.41) is 7.39. The predicted octanol–water partition coefficient (Wildman–Crippen LogP) is 1.65. The molecule has 0 spiro atoms. The molecule has 2 N–H and O–H groups in total. The van der Waals surface area contributed by atoms with Gasteiger partial charge in [0.05, 0.1) is 19.3 Å². The lowest BCUT2D eigenvalue weighted by Crippen LogP contribution is -2.45. The van der Waals surface area contributed by atoms with Gasteiger partial charge in [-0.1, -0.05) is 6.07 Å². The number of morpholine rings is 1. The summed E-state index contributed by atoms with van der Waals surface area (Å²) in [6.45, 7) is 4.23.